The van der Waals surface area contributed by atoms with Crippen molar-refractivity contribution in [3.8, 4) is 0 Å². The van der Waals surface area contributed by atoms with Crippen molar-refractivity contribution in [1.82, 2.24) is 5.32 Å². The maximum absolute atomic E-state index is 11.3. The van der Waals surface area contributed by atoms with Gasteiger partial charge < -0.3 is 19.9 Å². The first-order valence-corrected chi connectivity index (χ1v) is 6.25. The molecule has 0 bridgehead atoms. The van der Waals surface area contributed by atoms with Gasteiger partial charge in [0.1, 0.15) is 5.54 Å². The minimum absolute atomic E-state index is 0.196. The van der Waals surface area contributed by atoms with Gasteiger partial charge in [-0.25, -0.2) is 0 Å². The second kappa shape index (κ2) is 6.93. The number of carboxylic acids is 1. The first-order chi connectivity index (χ1) is 8.17. The van der Waals surface area contributed by atoms with E-state index in [2.05, 4.69) is 5.32 Å². The highest BCUT2D eigenvalue weighted by atomic mass is 16.5. The molecule has 1 aliphatic carbocycles. The number of ether oxygens (including phenoxy) is 2. The quantitative estimate of drug-likeness (QED) is 0.559. The molecule has 5 nitrogen and oxygen atoms in total. The van der Waals surface area contributed by atoms with Crippen LogP contribution in [0.25, 0.3) is 0 Å². The van der Waals surface area contributed by atoms with E-state index in [9.17, 15) is 9.90 Å². The molecule has 0 heterocycles. The van der Waals surface area contributed by atoms with Gasteiger partial charge in [0, 0.05) is 6.61 Å². The summed E-state index contributed by atoms with van der Waals surface area (Å²) < 4.78 is 10.7. The molecule has 0 spiro atoms. The molecule has 0 aromatic carbocycles. The van der Waals surface area contributed by atoms with Crippen molar-refractivity contribution in [3.05, 3.63) is 0 Å². The minimum Gasteiger partial charge on any atom is -0.480 e. The van der Waals surface area contributed by atoms with Crippen LogP contribution in [0, 0.1) is 5.92 Å². The van der Waals surface area contributed by atoms with Gasteiger partial charge >= 0.3 is 5.97 Å². The molecule has 1 unspecified atom stereocenters. The minimum atomic E-state index is -0.912. The SMILES string of the molecule is CCCOCCOCC(NC)(C(=O)O)C1CC1. The summed E-state index contributed by atoms with van der Waals surface area (Å²) in [4.78, 5) is 11.3. The average Bonchev–Trinajstić information content (AvgIpc) is 3.12. The fourth-order valence-electron chi connectivity index (χ4n) is 1.91. The van der Waals surface area contributed by atoms with Crippen LogP contribution in [-0.2, 0) is 14.3 Å². The van der Waals surface area contributed by atoms with Crippen molar-refractivity contribution in [3.63, 3.8) is 0 Å². The highest BCUT2D eigenvalue weighted by Crippen LogP contribution is 2.40. The topological polar surface area (TPSA) is 67.8 Å². The number of carboxylic acid groups (broad SMARTS) is 1. The summed E-state index contributed by atoms with van der Waals surface area (Å²) >= 11 is 0. The van der Waals surface area contributed by atoms with Crippen LogP contribution in [0.3, 0.4) is 0 Å². The number of aliphatic carboxylic acids is 1. The molecule has 0 saturated heterocycles. The van der Waals surface area contributed by atoms with Crippen LogP contribution < -0.4 is 5.32 Å². The number of hydrogen-bond donors (Lipinski definition) is 2. The number of rotatable bonds is 10. The van der Waals surface area contributed by atoms with E-state index in [1.807, 2.05) is 6.92 Å². The molecule has 0 aromatic rings. The zero-order valence-corrected chi connectivity index (χ0v) is 10.7. The van der Waals surface area contributed by atoms with Gasteiger partial charge in [-0.1, -0.05) is 6.92 Å². The van der Waals surface area contributed by atoms with Crippen molar-refractivity contribution in [2.45, 2.75) is 31.7 Å². The Hall–Kier alpha value is -0.650. The van der Waals surface area contributed by atoms with Gasteiger partial charge in [0.15, 0.2) is 0 Å². The highest BCUT2D eigenvalue weighted by molar-refractivity contribution is 5.80. The second-order valence-corrected chi connectivity index (χ2v) is 4.47. The van der Waals surface area contributed by atoms with Crippen molar-refractivity contribution in [1.29, 1.82) is 0 Å². The van der Waals surface area contributed by atoms with Crippen LogP contribution in [0.5, 0.6) is 0 Å². The average molecular weight is 245 g/mol. The Bertz CT molecular complexity index is 243. The number of nitrogens with one attached hydrogen (secondary N) is 1. The number of hydrogen-bond acceptors (Lipinski definition) is 4. The van der Waals surface area contributed by atoms with E-state index in [1.165, 1.54) is 0 Å². The lowest BCUT2D eigenvalue weighted by Gasteiger charge is -2.28. The zero-order chi connectivity index (χ0) is 12.7. The summed E-state index contributed by atoms with van der Waals surface area (Å²) in [7, 11) is 1.68. The van der Waals surface area contributed by atoms with Crippen LogP contribution in [-0.4, -0.2) is 50.1 Å². The molecule has 0 radical (unpaired) electrons. The summed E-state index contributed by atoms with van der Waals surface area (Å²) in [6.07, 6.45) is 2.91. The molecule has 5 heteroatoms. The van der Waals surface area contributed by atoms with E-state index in [-0.39, 0.29) is 12.5 Å². The van der Waals surface area contributed by atoms with E-state index in [0.717, 1.165) is 25.9 Å². The molecule has 100 valence electrons. The predicted octanol–water partition coefficient (Wildman–Crippen LogP) is 0.882. The van der Waals surface area contributed by atoms with E-state index in [4.69, 9.17) is 9.47 Å². The molecule has 1 fully saturated rings. The summed E-state index contributed by atoms with van der Waals surface area (Å²) in [5, 5.41) is 12.2. The fourth-order valence-corrected chi connectivity index (χ4v) is 1.91. The van der Waals surface area contributed by atoms with E-state index < -0.39 is 11.5 Å². The summed E-state index contributed by atoms with van der Waals surface area (Å²) in [6.45, 7) is 3.95. The Kier molecular flexibility index (Phi) is 5.88. The van der Waals surface area contributed by atoms with Crippen LogP contribution in [0.4, 0.5) is 0 Å². The standard InChI is InChI=1S/C12H23NO4/c1-3-6-16-7-8-17-9-12(13-2,11(14)15)10-4-5-10/h10,13H,3-9H2,1-2H3,(H,14,15). The molecule has 0 aliphatic heterocycles. The van der Waals surface area contributed by atoms with Crippen molar-refractivity contribution in [2.24, 2.45) is 5.92 Å². The molecule has 1 rings (SSSR count). The molecule has 1 saturated carbocycles. The molecule has 17 heavy (non-hydrogen) atoms. The van der Waals surface area contributed by atoms with Gasteiger partial charge in [-0.2, -0.15) is 0 Å². The Labute approximate surface area is 102 Å². The Balaban J connectivity index is 2.27. The first kappa shape index (κ1) is 14.4. The lowest BCUT2D eigenvalue weighted by atomic mass is 9.95. The highest BCUT2D eigenvalue weighted by Gasteiger charge is 2.50. The summed E-state index contributed by atoms with van der Waals surface area (Å²) in [5.41, 5.74) is -0.912. The predicted molar refractivity (Wildman–Crippen MR) is 64.1 cm³/mol. The maximum Gasteiger partial charge on any atom is 0.326 e. The van der Waals surface area contributed by atoms with Gasteiger partial charge in [0.2, 0.25) is 0 Å². The summed E-state index contributed by atoms with van der Waals surface area (Å²) in [6, 6.07) is 0. The largest absolute Gasteiger partial charge is 0.480 e. The third-order valence-electron chi connectivity index (χ3n) is 3.15. The second-order valence-electron chi connectivity index (χ2n) is 4.47. The Morgan fingerprint density at radius 3 is 2.47 bits per heavy atom. The van der Waals surface area contributed by atoms with Crippen LogP contribution in [0.2, 0.25) is 0 Å². The molecule has 0 aromatic heterocycles. The monoisotopic (exact) mass is 245 g/mol. The van der Waals surface area contributed by atoms with Crippen LogP contribution in [0.1, 0.15) is 26.2 Å². The third kappa shape index (κ3) is 3.94. The molecule has 0 amide bonds. The van der Waals surface area contributed by atoms with Crippen molar-refractivity contribution >= 4 is 5.97 Å². The maximum atomic E-state index is 11.3. The number of likely N-dealkylation sites (N-methyl/N-ethyl adjacent to an activating group) is 1. The molecular weight excluding hydrogens is 222 g/mol. The molecular formula is C12H23NO4. The van der Waals surface area contributed by atoms with Crippen LogP contribution >= 0.6 is 0 Å². The van der Waals surface area contributed by atoms with Gasteiger partial charge in [0.05, 0.1) is 19.8 Å². The normalized spacial score (nSPS) is 18.9. The lowest BCUT2D eigenvalue weighted by Crippen LogP contribution is -2.56. The number of carbonyl (C=O) groups is 1. The zero-order valence-electron chi connectivity index (χ0n) is 10.7. The van der Waals surface area contributed by atoms with Gasteiger partial charge in [-0.15, -0.1) is 0 Å². The molecule has 1 aliphatic rings. The lowest BCUT2D eigenvalue weighted by molar-refractivity contribution is -0.149. The van der Waals surface area contributed by atoms with Gasteiger partial charge in [0.25, 0.3) is 0 Å². The van der Waals surface area contributed by atoms with Crippen molar-refractivity contribution < 1.29 is 19.4 Å². The van der Waals surface area contributed by atoms with Gasteiger partial charge in [-0.3, -0.25) is 4.79 Å². The first-order valence-electron chi connectivity index (χ1n) is 6.25. The van der Waals surface area contributed by atoms with Gasteiger partial charge in [-0.05, 0) is 32.2 Å². The van der Waals surface area contributed by atoms with Crippen LogP contribution in [0.15, 0.2) is 0 Å². The molecule has 2 N–H and O–H groups in total. The third-order valence-corrected chi connectivity index (χ3v) is 3.15. The van der Waals surface area contributed by atoms with Crippen molar-refractivity contribution in [2.75, 3.05) is 33.5 Å². The van der Waals surface area contributed by atoms with E-state index >= 15 is 0 Å². The van der Waals surface area contributed by atoms with E-state index in [1.54, 1.807) is 7.05 Å². The smallest absolute Gasteiger partial charge is 0.326 e. The Morgan fingerprint density at radius 2 is 2.00 bits per heavy atom. The Morgan fingerprint density at radius 1 is 1.35 bits per heavy atom. The summed E-state index contributed by atoms with van der Waals surface area (Å²) in [5.74, 6) is -0.626. The van der Waals surface area contributed by atoms with E-state index in [0.29, 0.717) is 13.2 Å². The fraction of sp³-hybridized carbons (Fsp3) is 0.917. The molecule has 1 atom stereocenters.